The predicted octanol–water partition coefficient (Wildman–Crippen LogP) is 9.94. The average Bonchev–Trinajstić information content (AvgIpc) is 3.23. The molecule has 59 heavy (non-hydrogen) atoms. The van der Waals surface area contributed by atoms with Crippen LogP contribution in [0.15, 0.2) is 85.1 Å². The van der Waals surface area contributed by atoms with E-state index in [-0.39, 0.29) is 12.5 Å². The number of rotatable bonds is 37. The first-order chi connectivity index (χ1) is 28.8. The minimum atomic E-state index is -1.57. The zero-order valence-corrected chi connectivity index (χ0v) is 37.0. The van der Waals surface area contributed by atoms with Crippen LogP contribution in [-0.4, -0.2) is 87.5 Å². The number of aliphatic hydroxyl groups is 5. The van der Waals surface area contributed by atoms with Gasteiger partial charge in [-0.25, -0.2) is 0 Å². The van der Waals surface area contributed by atoms with Crippen LogP contribution >= 0.6 is 0 Å². The van der Waals surface area contributed by atoms with Gasteiger partial charge in [0.2, 0.25) is 5.91 Å². The third-order valence-electron chi connectivity index (χ3n) is 10.5. The second-order valence-electron chi connectivity index (χ2n) is 15.8. The summed E-state index contributed by atoms with van der Waals surface area (Å²) in [6.45, 7) is 3.52. The molecule has 6 N–H and O–H groups in total. The first-order valence-electron chi connectivity index (χ1n) is 23.3. The molecule has 0 aromatic carbocycles. The number of amides is 1. The Morgan fingerprint density at radius 1 is 0.593 bits per heavy atom. The van der Waals surface area contributed by atoms with Gasteiger partial charge in [-0.1, -0.05) is 176 Å². The van der Waals surface area contributed by atoms with Gasteiger partial charge in [0.15, 0.2) is 6.29 Å². The van der Waals surface area contributed by atoms with Gasteiger partial charge in [0.1, 0.15) is 24.4 Å². The highest BCUT2D eigenvalue weighted by Crippen LogP contribution is 2.22. The zero-order valence-electron chi connectivity index (χ0n) is 37.0. The van der Waals surface area contributed by atoms with Gasteiger partial charge in [-0.3, -0.25) is 4.79 Å². The van der Waals surface area contributed by atoms with Crippen molar-refractivity contribution in [2.45, 2.75) is 211 Å². The number of allylic oxidation sites excluding steroid dienone is 13. The van der Waals surface area contributed by atoms with Gasteiger partial charge in [-0.15, -0.1) is 0 Å². The molecule has 0 saturated carbocycles. The predicted molar refractivity (Wildman–Crippen MR) is 244 cm³/mol. The van der Waals surface area contributed by atoms with Gasteiger partial charge in [0.05, 0.1) is 25.4 Å². The minimum absolute atomic E-state index is 0.191. The van der Waals surface area contributed by atoms with Crippen molar-refractivity contribution in [3.8, 4) is 0 Å². The summed E-state index contributed by atoms with van der Waals surface area (Å²) < 4.78 is 11.1. The molecule has 7 atom stereocenters. The fraction of sp³-hybridized carbons (Fsp3) is 0.700. The zero-order chi connectivity index (χ0) is 43.0. The molecule has 0 spiro atoms. The number of ether oxygens (including phenoxy) is 2. The fourth-order valence-corrected chi connectivity index (χ4v) is 6.75. The number of hydrogen-bond acceptors (Lipinski definition) is 8. The molecule has 7 unspecified atom stereocenters. The van der Waals surface area contributed by atoms with Gasteiger partial charge < -0.3 is 40.3 Å². The van der Waals surface area contributed by atoms with Crippen molar-refractivity contribution in [1.29, 1.82) is 0 Å². The molecule has 0 aliphatic carbocycles. The smallest absolute Gasteiger partial charge is 0.220 e. The van der Waals surface area contributed by atoms with Crippen LogP contribution < -0.4 is 5.32 Å². The standard InChI is InChI=1S/C50H85NO8/c1-3-5-7-9-10-11-12-13-14-15-16-17-18-19-20-21-22-23-24-25-26-27-28-29-30-31-32-33-34-36-38-40-46(54)51-43(44(53)39-37-35-8-6-4-2)42-58-50-49(57)48(56)47(55)45(41-52)59-50/h5,7,10-11,13-14,16-17,19-20,22-23,37,39,43-45,47-50,52-53,55-57H,3-4,6,8-9,12,15,18,21,24-36,38,40-42H2,1-2H3,(H,51,54)/b7-5-,11-10-,14-13-,17-16-,20-19-,23-22-,39-37+. The van der Waals surface area contributed by atoms with Crippen LogP contribution in [0.4, 0.5) is 0 Å². The summed E-state index contributed by atoms with van der Waals surface area (Å²) in [5.74, 6) is -0.191. The van der Waals surface area contributed by atoms with E-state index in [9.17, 15) is 30.3 Å². The summed E-state index contributed by atoms with van der Waals surface area (Å²) in [5, 5.41) is 53.7. The Morgan fingerprint density at radius 2 is 1.05 bits per heavy atom. The summed E-state index contributed by atoms with van der Waals surface area (Å²) >= 11 is 0. The lowest BCUT2D eigenvalue weighted by atomic mass is 9.99. The van der Waals surface area contributed by atoms with Crippen molar-refractivity contribution < 1.29 is 39.8 Å². The number of unbranched alkanes of at least 4 members (excludes halogenated alkanes) is 15. The normalized spacial score (nSPS) is 21.5. The monoisotopic (exact) mass is 828 g/mol. The van der Waals surface area contributed by atoms with Crippen molar-refractivity contribution in [3.63, 3.8) is 0 Å². The Morgan fingerprint density at radius 3 is 1.56 bits per heavy atom. The van der Waals surface area contributed by atoms with E-state index in [1.807, 2.05) is 6.08 Å². The minimum Gasteiger partial charge on any atom is -0.394 e. The number of aliphatic hydroxyl groups excluding tert-OH is 5. The molecule has 1 fully saturated rings. The molecule has 1 rings (SSSR count). The average molecular weight is 828 g/mol. The topological polar surface area (TPSA) is 149 Å². The fourth-order valence-electron chi connectivity index (χ4n) is 6.75. The summed E-state index contributed by atoms with van der Waals surface area (Å²) in [7, 11) is 0. The van der Waals surface area contributed by atoms with Crippen molar-refractivity contribution in [1.82, 2.24) is 5.32 Å². The third kappa shape index (κ3) is 30.1. The number of carbonyl (C=O) groups excluding carboxylic acids is 1. The van der Waals surface area contributed by atoms with Crippen LogP contribution in [0.3, 0.4) is 0 Å². The molecule has 1 amide bonds. The van der Waals surface area contributed by atoms with E-state index < -0.39 is 49.5 Å². The Labute approximate surface area is 359 Å². The lowest BCUT2D eigenvalue weighted by Crippen LogP contribution is -2.60. The molecule has 1 saturated heterocycles. The van der Waals surface area contributed by atoms with E-state index in [0.29, 0.717) is 6.42 Å². The van der Waals surface area contributed by atoms with E-state index in [2.05, 4.69) is 92.1 Å². The summed E-state index contributed by atoms with van der Waals surface area (Å²) in [4.78, 5) is 12.8. The summed E-state index contributed by atoms with van der Waals surface area (Å²) in [6.07, 6.45) is 48.3. The largest absolute Gasteiger partial charge is 0.394 e. The molecule has 0 aromatic heterocycles. The summed E-state index contributed by atoms with van der Waals surface area (Å²) in [6, 6.07) is -0.806. The van der Waals surface area contributed by atoms with Crippen LogP contribution in [0.2, 0.25) is 0 Å². The molecule has 1 aliphatic rings. The number of carbonyl (C=O) groups is 1. The van der Waals surface area contributed by atoms with E-state index in [1.54, 1.807) is 6.08 Å². The van der Waals surface area contributed by atoms with Crippen molar-refractivity contribution >= 4 is 5.91 Å². The second kappa shape index (κ2) is 39.5. The molecule has 0 radical (unpaired) electrons. The molecule has 338 valence electrons. The van der Waals surface area contributed by atoms with Crippen molar-refractivity contribution in [3.05, 3.63) is 85.1 Å². The van der Waals surface area contributed by atoms with Gasteiger partial charge >= 0.3 is 0 Å². The van der Waals surface area contributed by atoms with Gasteiger partial charge in [-0.2, -0.15) is 0 Å². The molecular formula is C50H85NO8. The van der Waals surface area contributed by atoms with Gasteiger partial charge in [0, 0.05) is 6.42 Å². The van der Waals surface area contributed by atoms with E-state index >= 15 is 0 Å². The van der Waals surface area contributed by atoms with Gasteiger partial charge in [-0.05, 0) is 70.6 Å². The Kier molecular flexibility index (Phi) is 36.4. The van der Waals surface area contributed by atoms with E-state index in [4.69, 9.17) is 9.47 Å². The van der Waals surface area contributed by atoms with E-state index in [1.165, 1.54) is 64.2 Å². The molecule has 1 aliphatic heterocycles. The third-order valence-corrected chi connectivity index (χ3v) is 10.5. The molecule has 0 bridgehead atoms. The van der Waals surface area contributed by atoms with Crippen LogP contribution in [0.5, 0.6) is 0 Å². The Balaban J connectivity index is 2.10. The number of hydrogen-bond donors (Lipinski definition) is 6. The maximum Gasteiger partial charge on any atom is 0.220 e. The highest BCUT2D eigenvalue weighted by molar-refractivity contribution is 5.76. The lowest BCUT2D eigenvalue weighted by Gasteiger charge is -2.40. The second-order valence-corrected chi connectivity index (χ2v) is 15.8. The van der Waals surface area contributed by atoms with Crippen LogP contribution in [0, 0.1) is 0 Å². The van der Waals surface area contributed by atoms with Crippen LogP contribution in [0.25, 0.3) is 0 Å². The van der Waals surface area contributed by atoms with E-state index in [0.717, 1.165) is 83.5 Å². The highest BCUT2D eigenvalue weighted by Gasteiger charge is 2.44. The lowest BCUT2D eigenvalue weighted by molar-refractivity contribution is -0.302. The summed E-state index contributed by atoms with van der Waals surface area (Å²) in [5.41, 5.74) is 0. The quantitative estimate of drug-likeness (QED) is 0.0268. The molecular weight excluding hydrogens is 743 g/mol. The maximum atomic E-state index is 12.8. The van der Waals surface area contributed by atoms with Crippen molar-refractivity contribution in [2.75, 3.05) is 13.2 Å². The molecule has 9 nitrogen and oxygen atoms in total. The van der Waals surface area contributed by atoms with Crippen molar-refractivity contribution in [2.24, 2.45) is 0 Å². The first kappa shape index (κ1) is 54.4. The Hall–Kier alpha value is -2.63. The Bertz CT molecular complexity index is 1190. The highest BCUT2D eigenvalue weighted by atomic mass is 16.7. The van der Waals surface area contributed by atoms with Crippen LogP contribution in [0.1, 0.15) is 168 Å². The molecule has 9 heteroatoms. The first-order valence-corrected chi connectivity index (χ1v) is 23.3. The molecule has 0 aromatic rings. The number of nitrogens with one attached hydrogen (secondary N) is 1. The molecule has 1 heterocycles. The maximum absolute atomic E-state index is 12.8. The van der Waals surface area contributed by atoms with Crippen LogP contribution in [-0.2, 0) is 14.3 Å². The SMILES string of the molecule is CC/C=C\C/C=C\C/C=C\C/C=C\C/C=C\C/C=C\CCCCCCCCCCCCCCC(=O)NC(COC1OC(CO)C(O)C(O)C1O)C(O)/C=C/CCCCC. The van der Waals surface area contributed by atoms with Gasteiger partial charge in [0.25, 0.3) is 0 Å².